The van der Waals surface area contributed by atoms with Crippen molar-refractivity contribution in [3.63, 3.8) is 0 Å². The molecule has 2 rings (SSSR count). The molecule has 0 radical (unpaired) electrons. The minimum atomic E-state index is 0.0544. The average molecular weight is 282 g/mol. The van der Waals surface area contributed by atoms with E-state index in [0.717, 1.165) is 5.56 Å². The number of hydrogen-bond acceptors (Lipinski definition) is 2. The number of benzene rings is 1. The smallest absolute Gasteiger partial charge is 0.137 e. The van der Waals surface area contributed by atoms with Crippen molar-refractivity contribution in [3.05, 3.63) is 28.8 Å². The summed E-state index contributed by atoms with van der Waals surface area (Å²) < 4.78 is 5.19. The topological polar surface area (TPSA) is 35.2 Å². The molecule has 0 heterocycles. The monoisotopic (exact) mass is 281 g/mol. The van der Waals surface area contributed by atoms with Gasteiger partial charge in [-0.2, -0.15) is 0 Å². The van der Waals surface area contributed by atoms with E-state index >= 15 is 0 Å². The maximum Gasteiger partial charge on any atom is 0.137 e. The molecule has 2 atom stereocenters. The molecule has 0 saturated heterocycles. The highest BCUT2D eigenvalue weighted by Gasteiger charge is 2.36. The number of methoxy groups -OCH3 is 1. The molecule has 2 nitrogen and oxygen atoms in total. The molecule has 106 valence electrons. The number of ether oxygens (including phenoxy) is 1. The maximum absolute atomic E-state index is 6.51. The van der Waals surface area contributed by atoms with E-state index in [9.17, 15) is 0 Å². The summed E-state index contributed by atoms with van der Waals surface area (Å²) in [5.74, 6) is 1.23. The Balaban J connectivity index is 2.23. The zero-order chi connectivity index (χ0) is 14.0. The van der Waals surface area contributed by atoms with Crippen LogP contribution in [0.2, 0.25) is 5.02 Å². The SMILES string of the molecule is COc1ccc(C(N)C2CCCCC2(C)C)cc1Cl. The van der Waals surface area contributed by atoms with Crippen LogP contribution in [0.4, 0.5) is 0 Å². The van der Waals surface area contributed by atoms with Crippen LogP contribution in [0.1, 0.15) is 51.1 Å². The van der Waals surface area contributed by atoms with Gasteiger partial charge in [-0.15, -0.1) is 0 Å². The summed E-state index contributed by atoms with van der Waals surface area (Å²) in [6.07, 6.45) is 5.07. The fourth-order valence-corrected chi connectivity index (χ4v) is 3.58. The summed E-state index contributed by atoms with van der Waals surface area (Å²) in [4.78, 5) is 0. The van der Waals surface area contributed by atoms with E-state index in [1.165, 1.54) is 25.7 Å². The summed E-state index contributed by atoms with van der Waals surface area (Å²) in [7, 11) is 1.63. The summed E-state index contributed by atoms with van der Waals surface area (Å²) in [5, 5.41) is 0.643. The first kappa shape index (κ1) is 14.7. The summed E-state index contributed by atoms with van der Waals surface area (Å²) in [5.41, 5.74) is 7.93. The van der Waals surface area contributed by atoms with Crippen molar-refractivity contribution >= 4 is 11.6 Å². The summed E-state index contributed by atoms with van der Waals surface area (Å²) >= 11 is 6.20. The highest BCUT2D eigenvalue weighted by Crippen LogP contribution is 2.46. The van der Waals surface area contributed by atoms with Crippen molar-refractivity contribution in [2.45, 2.75) is 45.6 Å². The third kappa shape index (κ3) is 3.06. The fraction of sp³-hybridized carbons (Fsp3) is 0.625. The van der Waals surface area contributed by atoms with Gasteiger partial charge in [-0.3, -0.25) is 0 Å². The van der Waals surface area contributed by atoms with Gasteiger partial charge in [-0.05, 0) is 41.9 Å². The minimum absolute atomic E-state index is 0.0544. The van der Waals surface area contributed by atoms with Gasteiger partial charge >= 0.3 is 0 Å². The summed E-state index contributed by atoms with van der Waals surface area (Å²) in [6, 6.07) is 5.96. The Kier molecular flexibility index (Phi) is 4.42. The number of rotatable bonds is 3. The Morgan fingerprint density at radius 2 is 2.11 bits per heavy atom. The quantitative estimate of drug-likeness (QED) is 0.881. The van der Waals surface area contributed by atoms with Gasteiger partial charge in [-0.25, -0.2) is 0 Å². The Morgan fingerprint density at radius 1 is 1.37 bits per heavy atom. The predicted octanol–water partition coefficient (Wildman–Crippen LogP) is 4.56. The molecule has 1 fully saturated rings. The Bertz CT molecular complexity index is 444. The molecule has 1 aromatic carbocycles. The first-order valence-electron chi connectivity index (χ1n) is 7.05. The largest absolute Gasteiger partial charge is 0.495 e. The second kappa shape index (κ2) is 5.72. The molecule has 3 heteroatoms. The van der Waals surface area contributed by atoms with E-state index in [0.29, 0.717) is 22.1 Å². The normalized spacial score (nSPS) is 23.9. The van der Waals surface area contributed by atoms with Crippen LogP contribution >= 0.6 is 11.6 Å². The van der Waals surface area contributed by atoms with Crippen molar-refractivity contribution in [3.8, 4) is 5.75 Å². The van der Waals surface area contributed by atoms with Crippen LogP contribution in [0.5, 0.6) is 5.75 Å². The molecule has 1 saturated carbocycles. The highest BCUT2D eigenvalue weighted by atomic mass is 35.5. The molecule has 0 amide bonds. The van der Waals surface area contributed by atoms with Crippen LogP contribution < -0.4 is 10.5 Å². The van der Waals surface area contributed by atoms with Gasteiger partial charge in [0.25, 0.3) is 0 Å². The number of hydrogen-bond donors (Lipinski definition) is 1. The van der Waals surface area contributed by atoms with E-state index < -0.39 is 0 Å². The van der Waals surface area contributed by atoms with Gasteiger partial charge in [0.05, 0.1) is 12.1 Å². The Morgan fingerprint density at radius 3 is 2.68 bits per heavy atom. The van der Waals surface area contributed by atoms with Crippen molar-refractivity contribution < 1.29 is 4.74 Å². The zero-order valence-corrected chi connectivity index (χ0v) is 12.8. The molecule has 19 heavy (non-hydrogen) atoms. The predicted molar refractivity (Wildman–Crippen MR) is 80.7 cm³/mol. The van der Waals surface area contributed by atoms with Gasteiger partial charge in [0.1, 0.15) is 5.75 Å². The molecular weight excluding hydrogens is 258 g/mol. The van der Waals surface area contributed by atoms with Crippen LogP contribution in [0, 0.1) is 11.3 Å². The number of halogens is 1. The first-order valence-corrected chi connectivity index (χ1v) is 7.42. The molecule has 2 unspecified atom stereocenters. The molecule has 1 aliphatic carbocycles. The highest BCUT2D eigenvalue weighted by molar-refractivity contribution is 6.32. The van der Waals surface area contributed by atoms with Crippen LogP contribution in [-0.4, -0.2) is 7.11 Å². The fourth-order valence-electron chi connectivity index (χ4n) is 3.31. The van der Waals surface area contributed by atoms with Gasteiger partial charge in [-0.1, -0.05) is 44.4 Å². The molecule has 0 aromatic heterocycles. The van der Waals surface area contributed by atoms with Crippen LogP contribution in [0.15, 0.2) is 18.2 Å². The van der Waals surface area contributed by atoms with E-state index in [1.807, 2.05) is 18.2 Å². The van der Waals surface area contributed by atoms with E-state index in [4.69, 9.17) is 22.1 Å². The van der Waals surface area contributed by atoms with Gasteiger partial charge in [0, 0.05) is 6.04 Å². The molecule has 1 aromatic rings. The second-order valence-corrected chi connectivity index (χ2v) is 6.67. The third-order valence-corrected chi connectivity index (χ3v) is 4.88. The van der Waals surface area contributed by atoms with Crippen LogP contribution in [0.25, 0.3) is 0 Å². The van der Waals surface area contributed by atoms with E-state index in [2.05, 4.69) is 13.8 Å². The lowest BCUT2D eigenvalue weighted by atomic mass is 9.65. The van der Waals surface area contributed by atoms with Gasteiger partial charge in [0.2, 0.25) is 0 Å². The van der Waals surface area contributed by atoms with Crippen molar-refractivity contribution in [1.82, 2.24) is 0 Å². The molecule has 1 aliphatic rings. The van der Waals surface area contributed by atoms with Crippen molar-refractivity contribution in [1.29, 1.82) is 0 Å². The zero-order valence-electron chi connectivity index (χ0n) is 12.1. The van der Waals surface area contributed by atoms with Crippen LogP contribution in [-0.2, 0) is 0 Å². The van der Waals surface area contributed by atoms with Crippen molar-refractivity contribution in [2.75, 3.05) is 7.11 Å². The Labute approximate surface area is 121 Å². The average Bonchev–Trinajstić information content (AvgIpc) is 2.37. The molecule has 0 spiro atoms. The molecule has 0 bridgehead atoms. The van der Waals surface area contributed by atoms with E-state index in [1.54, 1.807) is 7.11 Å². The molecular formula is C16H24ClNO. The van der Waals surface area contributed by atoms with Gasteiger partial charge < -0.3 is 10.5 Å². The lowest BCUT2D eigenvalue weighted by Crippen LogP contribution is -2.36. The minimum Gasteiger partial charge on any atom is -0.495 e. The van der Waals surface area contributed by atoms with Crippen molar-refractivity contribution in [2.24, 2.45) is 17.1 Å². The lowest BCUT2D eigenvalue weighted by Gasteiger charge is -2.42. The first-order chi connectivity index (χ1) is 8.95. The Hall–Kier alpha value is -0.730. The molecule has 2 N–H and O–H groups in total. The standard InChI is InChI=1S/C16H24ClNO/c1-16(2)9-5-4-6-12(16)15(18)11-7-8-14(19-3)13(17)10-11/h7-8,10,12,15H,4-6,9,18H2,1-3H3. The lowest BCUT2D eigenvalue weighted by molar-refractivity contribution is 0.112. The van der Waals surface area contributed by atoms with Crippen LogP contribution in [0.3, 0.4) is 0 Å². The maximum atomic E-state index is 6.51. The third-order valence-electron chi connectivity index (χ3n) is 4.58. The summed E-state index contributed by atoms with van der Waals surface area (Å²) in [6.45, 7) is 4.67. The second-order valence-electron chi connectivity index (χ2n) is 6.26. The van der Waals surface area contributed by atoms with E-state index in [-0.39, 0.29) is 6.04 Å². The number of nitrogens with two attached hydrogens (primary N) is 1. The van der Waals surface area contributed by atoms with Gasteiger partial charge in [0.15, 0.2) is 0 Å². The molecule has 0 aliphatic heterocycles.